The number of aromatic nitrogens is 3. The minimum Gasteiger partial charge on any atom is -0.307 e. The van der Waals surface area contributed by atoms with Gasteiger partial charge in [-0.25, -0.2) is 9.50 Å². The van der Waals surface area contributed by atoms with E-state index in [2.05, 4.69) is 26.3 Å². The lowest BCUT2D eigenvalue weighted by molar-refractivity contribution is -0.137. The molecule has 1 aliphatic heterocycles. The molecule has 3 heterocycles. The van der Waals surface area contributed by atoms with Gasteiger partial charge in [0.2, 0.25) is 0 Å². The molecule has 2 aromatic heterocycles. The Balaban J connectivity index is 1.79. The minimum atomic E-state index is -4.53. The fourth-order valence-corrected chi connectivity index (χ4v) is 3.01. The molecule has 0 bridgehead atoms. The van der Waals surface area contributed by atoms with E-state index in [-0.39, 0.29) is 17.0 Å². The lowest BCUT2D eigenvalue weighted by Gasteiger charge is -2.15. The third kappa shape index (κ3) is 3.51. The van der Waals surface area contributed by atoms with Gasteiger partial charge >= 0.3 is 6.18 Å². The summed E-state index contributed by atoms with van der Waals surface area (Å²) in [7, 11) is 0. The first-order valence-corrected chi connectivity index (χ1v) is 8.57. The molecule has 1 aliphatic rings. The highest BCUT2D eigenvalue weighted by molar-refractivity contribution is 5.95. The van der Waals surface area contributed by atoms with Crippen LogP contribution in [0, 0.1) is 6.92 Å². The van der Waals surface area contributed by atoms with Crippen LogP contribution < -0.4 is 16.2 Å². The normalized spacial score (nSPS) is 13.6. The predicted octanol–water partition coefficient (Wildman–Crippen LogP) is 2.92. The Morgan fingerprint density at radius 1 is 1.17 bits per heavy atom. The topological polar surface area (TPSA) is 83.4 Å². The lowest BCUT2D eigenvalue weighted by atomic mass is 10.0. The quantitative estimate of drug-likeness (QED) is 0.630. The van der Waals surface area contributed by atoms with Crippen LogP contribution in [0.1, 0.15) is 21.7 Å². The number of hydrogen-bond donors (Lipinski definition) is 3. The van der Waals surface area contributed by atoms with Gasteiger partial charge in [0.25, 0.3) is 5.91 Å². The average molecular weight is 400 g/mol. The molecule has 1 aromatic carbocycles. The number of nitrogens with zero attached hydrogens (tertiary/aromatic N) is 3. The maximum absolute atomic E-state index is 13.4. The maximum atomic E-state index is 13.4. The minimum absolute atomic E-state index is 0.0781. The zero-order chi connectivity index (χ0) is 20.6. The van der Waals surface area contributed by atoms with E-state index in [4.69, 9.17) is 0 Å². The number of amides is 1. The molecule has 0 spiro atoms. The van der Waals surface area contributed by atoms with E-state index in [0.29, 0.717) is 17.2 Å². The molecular formula is C19H15F3N6O. The van der Waals surface area contributed by atoms with Crippen LogP contribution in [-0.2, 0) is 6.18 Å². The molecule has 0 fully saturated rings. The number of fused-ring (bicyclic) bond motifs is 1. The number of allylic oxidation sites excluding steroid dienone is 2. The first-order chi connectivity index (χ1) is 13.8. The van der Waals surface area contributed by atoms with Crippen molar-refractivity contribution in [3.8, 4) is 11.3 Å². The number of carbonyl (C=O) groups is 1. The summed E-state index contributed by atoms with van der Waals surface area (Å²) in [5.41, 5.74) is 5.57. The molecule has 29 heavy (non-hydrogen) atoms. The van der Waals surface area contributed by atoms with E-state index in [1.54, 1.807) is 25.3 Å². The number of hydrazine groups is 1. The first-order valence-electron chi connectivity index (χ1n) is 8.57. The monoisotopic (exact) mass is 400 g/mol. The molecule has 0 aliphatic carbocycles. The predicted molar refractivity (Wildman–Crippen MR) is 99.1 cm³/mol. The number of nitrogens with one attached hydrogen (secondary N) is 3. The Bertz CT molecular complexity index is 1160. The second-order valence-electron chi connectivity index (χ2n) is 6.24. The Kier molecular flexibility index (Phi) is 4.45. The molecule has 0 saturated heterocycles. The van der Waals surface area contributed by atoms with Gasteiger partial charge in [0, 0.05) is 11.8 Å². The van der Waals surface area contributed by atoms with Crippen LogP contribution >= 0.6 is 0 Å². The number of carbonyl (C=O) groups excluding carboxylic acids is 1. The van der Waals surface area contributed by atoms with Crippen molar-refractivity contribution in [3.63, 3.8) is 0 Å². The lowest BCUT2D eigenvalue weighted by Crippen LogP contribution is -2.39. The summed E-state index contributed by atoms with van der Waals surface area (Å²) in [6.07, 6.45) is 0.447. The Hall–Kier alpha value is -3.82. The average Bonchev–Trinajstić information content (AvgIpc) is 3.03. The number of rotatable bonds is 3. The van der Waals surface area contributed by atoms with Crippen molar-refractivity contribution in [2.45, 2.75) is 13.1 Å². The highest BCUT2D eigenvalue weighted by Gasteiger charge is 2.34. The van der Waals surface area contributed by atoms with E-state index in [0.717, 1.165) is 6.07 Å². The van der Waals surface area contributed by atoms with Crippen molar-refractivity contribution in [1.82, 2.24) is 30.8 Å². The highest BCUT2D eigenvalue weighted by atomic mass is 19.4. The van der Waals surface area contributed by atoms with Crippen LogP contribution in [0.4, 0.5) is 13.2 Å². The van der Waals surface area contributed by atoms with Gasteiger partial charge in [0.05, 0.1) is 17.0 Å². The second-order valence-corrected chi connectivity index (χ2v) is 6.24. The van der Waals surface area contributed by atoms with Gasteiger partial charge in [-0.2, -0.15) is 18.3 Å². The zero-order valence-corrected chi connectivity index (χ0v) is 15.1. The Morgan fingerprint density at radius 2 is 1.97 bits per heavy atom. The summed E-state index contributed by atoms with van der Waals surface area (Å²) in [4.78, 5) is 17.0. The van der Waals surface area contributed by atoms with Gasteiger partial charge < -0.3 is 10.7 Å². The fourth-order valence-electron chi connectivity index (χ4n) is 3.01. The summed E-state index contributed by atoms with van der Waals surface area (Å²) >= 11 is 0. The SMILES string of the molecule is Cc1nc2ccc(-c3ccccc3C(F)(F)F)nn2c1C(=O)NC1=CC=CNN1. The van der Waals surface area contributed by atoms with E-state index in [1.165, 1.54) is 34.8 Å². The maximum Gasteiger partial charge on any atom is 0.417 e. The Labute approximate surface area is 162 Å². The van der Waals surface area contributed by atoms with Crippen LogP contribution in [0.25, 0.3) is 16.9 Å². The molecule has 1 amide bonds. The number of alkyl halides is 3. The standard InChI is InChI=1S/C19H15F3N6O/c1-11-17(18(29)25-15-7-4-10-23-26-15)28-16(24-11)9-8-14(27-28)12-5-2-3-6-13(12)19(20,21)22/h2-10,23,26H,1H3,(H,25,29). The van der Waals surface area contributed by atoms with Crippen molar-refractivity contribution in [3.05, 3.63) is 77.5 Å². The molecule has 3 aromatic rings. The van der Waals surface area contributed by atoms with Gasteiger partial charge in [0.1, 0.15) is 5.82 Å². The first kappa shape index (κ1) is 18.5. The number of halogens is 3. The van der Waals surface area contributed by atoms with Crippen LogP contribution in [0.5, 0.6) is 0 Å². The largest absolute Gasteiger partial charge is 0.417 e. The van der Waals surface area contributed by atoms with Crippen molar-refractivity contribution < 1.29 is 18.0 Å². The van der Waals surface area contributed by atoms with Crippen molar-refractivity contribution in [2.24, 2.45) is 0 Å². The molecule has 3 N–H and O–H groups in total. The fraction of sp³-hybridized carbons (Fsp3) is 0.105. The summed E-state index contributed by atoms with van der Waals surface area (Å²) in [6.45, 7) is 1.63. The van der Waals surface area contributed by atoms with Gasteiger partial charge in [-0.15, -0.1) is 0 Å². The second kappa shape index (κ2) is 6.97. The molecule has 10 heteroatoms. The number of benzene rings is 1. The summed E-state index contributed by atoms with van der Waals surface area (Å²) in [6, 6.07) is 8.14. The van der Waals surface area contributed by atoms with Crippen LogP contribution in [-0.4, -0.2) is 20.5 Å². The Morgan fingerprint density at radius 3 is 2.69 bits per heavy atom. The molecule has 0 radical (unpaired) electrons. The van der Waals surface area contributed by atoms with Gasteiger partial charge in [-0.3, -0.25) is 10.2 Å². The number of hydrogen-bond acceptors (Lipinski definition) is 5. The molecule has 7 nitrogen and oxygen atoms in total. The van der Waals surface area contributed by atoms with E-state index >= 15 is 0 Å². The molecule has 0 unspecified atom stereocenters. The number of aryl methyl sites for hydroxylation is 1. The van der Waals surface area contributed by atoms with Crippen molar-refractivity contribution in [1.29, 1.82) is 0 Å². The van der Waals surface area contributed by atoms with Crippen molar-refractivity contribution in [2.75, 3.05) is 0 Å². The molecule has 0 atom stereocenters. The van der Waals surface area contributed by atoms with Gasteiger partial charge in [0.15, 0.2) is 11.3 Å². The van der Waals surface area contributed by atoms with Gasteiger partial charge in [-0.05, 0) is 37.3 Å². The zero-order valence-electron chi connectivity index (χ0n) is 15.1. The summed E-state index contributed by atoms with van der Waals surface area (Å²) in [5.74, 6) is -0.0926. The third-order valence-corrected chi connectivity index (χ3v) is 4.27. The van der Waals surface area contributed by atoms with E-state index in [1.807, 2.05) is 0 Å². The number of imidazole rings is 1. The van der Waals surface area contributed by atoms with Crippen molar-refractivity contribution >= 4 is 11.6 Å². The van der Waals surface area contributed by atoms with Gasteiger partial charge in [-0.1, -0.05) is 18.2 Å². The summed E-state index contributed by atoms with van der Waals surface area (Å²) < 4.78 is 41.4. The van der Waals surface area contributed by atoms with Crippen LogP contribution in [0.15, 0.2) is 60.6 Å². The van der Waals surface area contributed by atoms with E-state index < -0.39 is 17.6 Å². The van der Waals surface area contributed by atoms with E-state index in [9.17, 15) is 18.0 Å². The third-order valence-electron chi connectivity index (χ3n) is 4.27. The van der Waals surface area contributed by atoms with Crippen LogP contribution in [0.3, 0.4) is 0 Å². The molecular weight excluding hydrogens is 385 g/mol. The molecule has 4 rings (SSSR count). The molecule has 148 valence electrons. The summed E-state index contributed by atoms with van der Waals surface area (Å²) in [5, 5.41) is 6.94. The highest BCUT2D eigenvalue weighted by Crippen LogP contribution is 2.36. The van der Waals surface area contributed by atoms with Crippen LogP contribution in [0.2, 0.25) is 0 Å². The molecule has 0 saturated carbocycles. The smallest absolute Gasteiger partial charge is 0.307 e.